The van der Waals surface area contributed by atoms with Crippen molar-refractivity contribution in [3.63, 3.8) is 0 Å². The number of nitrogens with two attached hydrogens (primary N) is 1. The first-order valence-corrected chi connectivity index (χ1v) is 9.04. The lowest BCUT2D eigenvalue weighted by Gasteiger charge is -2.31. The van der Waals surface area contributed by atoms with Crippen LogP contribution < -0.4 is 5.73 Å². The molecule has 4 nitrogen and oxygen atoms in total. The summed E-state index contributed by atoms with van der Waals surface area (Å²) in [6.07, 6.45) is 0. The molecule has 0 radical (unpaired) electrons. The second-order valence-corrected chi connectivity index (χ2v) is 7.61. The van der Waals surface area contributed by atoms with E-state index in [2.05, 4.69) is 11.8 Å². The third-order valence-electron chi connectivity index (χ3n) is 3.08. The van der Waals surface area contributed by atoms with Crippen molar-refractivity contribution in [1.82, 2.24) is 4.31 Å². The van der Waals surface area contributed by atoms with Crippen LogP contribution in [0.3, 0.4) is 0 Å². The lowest BCUT2D eigenvalue weighted by Crippen LogP contribution is -2.44. The molecule has 0 amide bonds. The molecule has 2 rings (SSSR count). The summed E-state index contributed by atoms with van der Waals surface area (Å²) in [6.45, 7) is 2.77. The van der Waals surface area contributed by atoms with E-state index in [9.17, 15) is 8.42 Å². The molecule has 20 heavy (non-hydrogen) atoms. The van der Waals surface area contributed by atoms with E-state index in [0.29, 0.717) is 17.0 Å². The van der Waals surface area contributed by atoms with Crippen molar-refractivity contribution < 1.29 is 8.42 Å². The first-order chi connectivity index (χ1) is 9.55. The van der Waals surface area contributed by atoms with Gasteiger partial charge in [0.25, 0.3) is 0 Å². The Morgan fingerprint density at radius 2 is 2.30 bits per heavy atom. The van der Waals surface area contributed by atoms with Crippen LogP contribution in [0.1, 0.15) is 12.5 Å². The van der Waals surface area contributed by atoms with Crippen molar-refractivity contribution in [2.24, 2.45) is 5.73 Å². The highest BCUT2D eigenvalue weighted by Gasteiger charge is 2.31. The Morgan fingerprint density at radius 1 is 1.50 bits per heavy atom. The van der Waals surface area contributed by atoms with E-state index in [-0.39, 0.29) is 12.6 Å². The van der Waals surface area contributed by atoms with E-state index in [1.807, 2.05) is 6.92 Å². The number of thioether (sulfide) groups is 1. The predicted molar refractivity (Wildman–Crippen MR) is 83.1 cm³/mol. The van der Waals surface area contributed by atoms with Gasteiger partial charge in [-0.25, -0.2) is 8.42 Å². The molecule has 1 atom stereocenters. The topological polar surface area (TPSA) is 63.4 Å². The molecule has 0 saturated carbocycles. The highest BCUT2D eigenvalue weighted by molar-refractivity contribution is 7.99. The molecule has 2 N–H and O–H groups in total. The number of benzene rings is 1. The van der Waals surface area contributed by atoms with Gasteiger partial charge in [0.2, 0.25) is 10.0 Å². The highest BCUT2D eigenvalue weighted by Crippen LogP contribution is 2.24. The van der Waals surface area contributed by atoms with Gasteiger partial charge in [-0.3, -0.25) is 0 Å². The van der Waals surface area contributed by atoms with Gasteiger partial charge >= 0.3 is 0 Å². The van der Waals surface area contributed by atoms with E-state index in [4.69, 9.17) is 5.73 Å². The summed E-state index contributed by atoms with van der Waals surface area (Å²) >= 11 is 1.79. The maximum absolute atomic E-state index is 12.7. The van der Waals surface area contributed by atoms with Crippen LogP contribution in [0.5, 0.6) is 0 Å². The standard InChI is InChI=1S/C14H18N2O2S2/c1-12-11-19-9-8-16(12)20(17,18)14-6-2-4-13(10-14)5-3-7-15/h2,4,6,10,12H,7-9,11,15H2,1H3. The number of hydrogen-bond donors (Lipinski definition) is 1. The fourth-order valence-electron chi connectivity index (χ4n) is 2.09. The van der Waals surface area contributed by atoms with Gasteiger partial charge in [0.05, 0.1) is 11.4 Å². The van der Waals surface area contributed by atoms with Crippen LogP contribution in [-0.4, -0.2) is 43.4 Å². The minimum Gasteiger partial charge on any atom is -0.320 e. The first-order valence-electron chi connectivity index (χ1n) is 6.44. The molecular formula is C14H18N2O2S2. The fraction of sp³-hybridized carbons (Fsp3) is 0.429. The summed E-state index contributed by atoms with van der Waals surface area (Å²) in [5.41, 5.74) is 6.01. The largest absolute Gasteiger partial charge is 0.320 e. The molecule has 1 aromatic rings. The zero-order valence-corrected chi connectivity index (χ0v) is 13.0. The van der Waals surface area contributed by atoms with E-state index in [0.717, 1.165) is 11.5 Å². The molecular weight excluding hydrogens is 292 g/mol. The quantitative estimate of drug-likeness (QED) is 0.832. The molecule has 1 aliphatic rings. The van der Waals surface area contributed by atoms with Crippen LogP contribution in [0, 0.1) is 11.8 Å². The SMILES string of the molecule is CC1CSCCN1S(=O)(=O)c1cccc(C#CCN)c1. The Labute approximate surface area is 124 Å². The zero-order valence-electron chi connectivity index (χ0n) is 11.4. The fourth-order valence-corrected chi connectivity index (χ4v) is 4.99. The Bertz CT molecular complexity index is 632. The monoisotopic (exact) mass is 310 g/mol. The molecule has 108 valence electrons. The number of sulfonamides is 1. The van der Waals surface area contributed by atoms with Crippen LogP contribution >= 0.6 is 11.8 Å². The third kappa shape index (κ3) is 3.36. The maximum Gasteiger partial charge on any atom is 0.243 e. The van der Waals surface area contributed by atoms with Gasteiger partial charge in [-0.2, -0.15) is 16.1 Å². The number of hydrogen-bond acceptors (Lipinski definition) is 4. The Kier molecular flexibility index (Phi) is 5.11. The van der Waals surface area contributed by atoms with Gasteiger partial charge in [0.15, 0.2) is 0 Å². The van der Waals surface area contributed by atoms with Gasteiger partial charge in [0.1, 0.15) is 0 Å². The lowest BCUT2D eigenvalue weighted by atomic mass is 10.2. The smallest absolute Gasteiger partial charge is 0.243 e. The molecule has 0 spiro atoms. The van der Waals surface area contributed by atoms with Gasteiger partial charge in [-0.15, -0.1) is 0 Å². The van der Waals surface area contributed by atoms with Crippen molar-refractivity contribution in [2.45, 2.75) is 17.9 Å². The Hall–Kier alpha value is -1.00. The number of rotatable bonds is 2. The summed E-state index contributed by atoms with van der Waals surface area (Å²) in [7, 11) is -3.44. The van der Waals surface area contributed by atoms with Gasteiger partial charge < -0.3 is 5.73 Å². The molecule has 0 aliphatic carbocycles. The molecule has 0 aromatic heterocycles. The van der Waals surface area contributed by atoms with Crippen LogP contribution in [0.4, 0.5) is 0 Å². The minimum atomic E-state index is -3.44. The summed E-state index contributed by atoms with van der Waals surface area (Å²) in [4.78, 5) is 0.306. The first kappa shape index (κ1) is 15.4. The lowest BCUT2D eigenvalue weighted by molar-refractivity contribution is 0.367. The average molecular weight is 310 g/mol. The Morgan fingerprint density at radius 3 is 3.00 bits per heavy atom. The van der Waals surface area contributed by atoms with E-state index < -0.39 is 10.0 Å². The predicted octanol–water partition coefficient (Wildman–Crippen LogP) is 1.12. The zero-order chi connectivity index (χ0) is 14.6. The van der Waals surface area contributed by atoms with Gasteiger partial charge in [-0.05, 0) is 25.1 Å². The summed E-state index contributed by atoms with van der Waals surface area (Å²) in [6, 6.07) is 6.77. The molecule has 1 saturated heterocycles. The molecule has 1 unspecified atom stereocenters. The normalized spacial score (nSPS) is 20.2. The highest BCUT2D eigenvalue weighted by atomic mass is 32.2. The Balaban J connectivity index is 2.34. The van der Waals surface area contributed by atoms with Crippen LogP contribution in [0.15, 0.2) is 29.2 Å². The second kappa shape index (κ2) is 6.64. The van der Waals surface area contributed by atoms with Crippen molar-refractivity contribution >= 4 is 21.8 Å². The third-order valence-corrected chi connectivity index (χ3v) is 6.28. The molecule has 0 bridgehead atoms. The van der Waals surface area contributed by atoms with E-state index >= 15 is 0 Å². The van der Waals surface area contributed by atoms with E-state index in [1.54, 1.807) is 40.3 Å². The van der Waals surface area contributed by atoms with Crippen LogP contribution in [0.2, 0.25) is 0 Å². The van der Waals surface area contributed by atoms with E-state index in [1.165, 1.54) is 0 Å². The van der Waals surface area contributed by atoms with Crippen molar-refractivity contribution in [1.29, 1.82) is 0 Å². The van der Waals surface area contributed by atoms with Crippen molar-refractivity contribution in [3.8, 4) is 11.8 Å². The molecule has 1 aliphatic heterocycles. The summed E-state index contributed by atoms with van der Waals surface area (Å²) < 4.78 is 26.9. The summed E-state index contributed by atoms with van der Waals surface area (Å²) in [5, 5.41) is 0. The van der Waals surface area contributed by atoms with Crippen LogP contribution in [-0.2, 0) is 10.0 Å². The average Bonchev–Trinajstić information content (AvgIpc) is 2.45. The number of nitrogens with zero attached hydrogens (tertiary/aromatic N) is 1. The summed E-state index contributed by atoms with van der Waals surface area (Å²) in [5.74, 6) is 7.29. The van der Waals surface area contributed by atoms with Crippen LogP contribution in [0.25, 0.3) is 0 Å². The molecule has 1 aromatic carbocycles. The van der Waals surface area contributed by atoms with Gasteiger partial charge in [0, 0.05) is 29.7 Å². The van der Waals surface area contributed by atoms with Crippen molar-refractivity contribution in [2.75, 3.05) is 24.6 Å². The molecule has 1 fully saturated rings. The molecule has 6 heteroatoms. The molecule has 1 heterocycles. The van der Waals surface area contributed by atoms with Crippen molar-refractivity contribution in [3.05, 3.63) is 29.8 Å². The second-order valence-electron chi connectivity index (χ2n) is 4.57. The maximum atomic E-state index is 12.7. The van der Waals surface area contributed by atoms with Gasteiger partial charge in [-0.1, -0.05) is 17.9 Å². The minimum absolute atomic E-state index is 0.0255.